The number of halogens is 1. The first kappa shape index (κ1) is 14.5. The molecule has 0 bridgehead atoms. The van der Waals surface area contributed by atoms with E-state index >= 15 is 0 Å². The summed E-state index contributed by atoms with van der Waals surface area (Å²) >= 11 is 2.30. The number of hydrogen-bond donors (Lipinski definition) is 1. The largest absolute Gasteiger partial charge is 0.396 e. The third kappa shape index (κ3) is 3.44. The molecule has 1 N–H and O–H groups in total. The van der Waals surface area contributed by atoms with Crippen molar-refractivity contribution in [2.24, 2.45) is 11.8 Å². The molecule has 4 atom stereocenters. The minimum Gasteiger partial charge on any atom is -0.396 e. The Morgan fingerprint density at radius 1 is 1.56 bits per heavy atom. The summed E-state index contributed by atoms with van der Waals surface area (Å²) < 4.78 is 8.32. The first-order valence-corrected chi connectivity index (χ1v) is 7.44. The zero-order valence-corrected chi connectivity index (χ0v) is 12.6. The Balaban J connectivity index is 2.68. The van der Waals surface area contributed by atoms with Gasteiger partial charge in [0, 0.05) is 12.5 Å². The van der Waals surface area contributed by atoms with Crippen LogP contribution in [0.2, 0.25) is 0 Å². The van der Waals surface area contributed by atoms with Gasteiger partial charge in [0.25, 0.3) is 0 Å². The Kier molecular flexibility index (Phi) is 6.29. The van der Waals surface area contributed by atoms with Gasteiger partial charge in [-0.25, -0.2) is 0 Å². The van der Waals surface area contributed by atoms with Crippen LogP contribution in [0.4, 0.5) is 0 Å². The van der Waals surface area contributed by atoms with E-state index in [1.54, 1.807) is 0 Å². The van der Waals surface area contributed by atoms with Crippen molar-refractivity contribution in [2.75, 3.05) is 6.61 Å². The predicted octanol–water partition coefficient (Wildman–Crippen LogP) is 3.53. The fourth-order valence-corrected chi connectivity index (χ4v) is 3.09. The maximum absolute atomic E-state index is 9.20. The average Bonchev–Trinajstić information content (AvgIpc) is 2.32. The first-order valence-electron chi connectivity index (χ1n) is 6.19. The van der Waals surface area contributed by atoms with Gasteiger partial charge in [0.1, 0.15) is 0 Å². The van der Waals surface area contributed by atoms with Gasteiger partial charge in [-0.3, -0.25) is 0 Å². The molecule has 2 nitrogen and oxygen atoms in total. The molecule has 3 heteroatoms. The lowest BCUT2D eigenvalue weighted by Crippen LogP contribution is -2.39. The van der Waals surface area contributed by atoms with Crippen molar-refractivity contribution in [3.8, 4) is 0 Å². The van der Waals surface area contributed by atoms with Gasteiger partial charge in [-0.1, -0.05) is 43.4 Å². The number of rotatable bonds is 4. The molecule has 0 aromatic rings. The highest BCUT2D eigenvalue weighted by Crippen LogP contribution is 2.33. The smallest absolute Gasteiger partial charge is 0.0821 e. The Labute approximate surface area is 113 Å². The second-order valence-corrected chi connectivity index (χ2v) is 5.47. The fraction of sp³-hybridized carbons (Fsp3) is 0.846. The van der Waals surface area contributed by atoms with E-state index in [0.717, 1.165) is 12.8 Å². The molecule has 1 saturated heterocycles. The van der Waals surface area contributed by atoms with Gasteiger partial charge < -0.3 is 9.84 Å². The quantitative estimate of drug-likeness (QED) is 0.795. The number of aliphatic hydroxyl groups is 1. The van der Waals surface area contributed by atoms with Crippen molar-refractivity contribution < 1.29 is 9.84 Å². The molecule has 0 unspecified atom stereocenters. The van der Waals surface area contributed by atoms with Crippen LogP contribution < -0.4 is 0 Å². The molecule has 1 heterocycles. The molecule has 0 saturated carbocycles. The van der Waals surface area contributed by atoms with Crippen molar-refractivity contribution >= 4 is 22.6 Å². The molecule has 0 radical (unpaired) electrons. The standard InChI is InChI=1S/C13H23IO2/c1-4-11(7-14)13-9(2)5-6-12(16-13)10(3)8-15/h7,9-10,12-13,15H,4-6,8H2,1-3H3/b11-7+/t9-,10-,12+,13+/m0/s1. The van der Waals surface area contributed by atoms with Gasteiger partial charge in [-0.15, -0.1) is 0 Å². The lowest BCUT2D eigenvalue weighted by Gasteiger charge is -2.38. The van der Waals surface area contributed by atoms with Crippen LogP contribution in [0.25, 0.3) is 0 Å². The average molecular weight is 338 g/mol. The van der Waals surface area contributed by atoms with E-state index in [1.807, 2.05) is 0 Å². The van der Waals surface area contributed by atoms with Gasteiger partial charge in [-0.2, -0.15) is 0 Å². The van der Waals surface area contributed by atoms with Crippen LogP contribution in [-0.2, 0) is 4.74 Å². The third-order valence-electron chi connectivity index (χ3n) is 3.58. The molecule has 0 amide bonds. The van der Waals surface area contributed by atoms with Crippen molar-refractivity contribution in [3.63, 3.8) is 0 Å². The zero-order valence-electron chi connectivity index (χ0n) is 10.4. The Morgan fingerprint density at radius 3 is 2.75 bits per heavy atom. The highest BCUT2D eigenvalue weighted by Gasteiger charge is 2.32. The zero-order chi connectivity index (χ0) is 12.1. The lowest BCUT2D eigenvalue weighted by atomic mass is 9.85. The van der Waals surface area contributed by atoms with Gasteiger partial charge in [0.15, 0.2) is 0 Å². The molecule has 0 aliphatic carbocycles. The van der Waals surface area contributed by atoms with Crippen LogP contribution in [-0.4, -0.2) is 23.9 Å². The first-order chi connectivity index (χ1) is 7.63. The number of hydrogen-bond acceptors (Lipinski definition) is 2. The Bertz CT molecular complexity index is 240. The van der Waals surface area contributed by atoms with Crippen molar-refractivity contribution in [1.82, 2.24) is 0 Å². The Morgan fingerprint density at radius 2 is 2.25 bits per heavy atom. The monoisotopic (exact) mass is 338 g/mol. The molecule has 1 aliphatic heterocycles. The van der Waals surface area contributed by atoms with E-state index in [4.69, 9.17) is 4.74 Å². The minimum atomic E-state index is 0.223. The molecule has 0 aromatic heterocycles. The van der Waals surface area contributed by atoms with Gasteiger partial charge in [0.2, 0.25) is 0 Å². The predicted molar refractivity (Wildman–Crippen MR) is 75.7 cm³/mol. The van der Waals surface area contributed by atoms with E-state index in [2.05, 4.69) is 47.4 Å². The number of aliphatic hydroxyl groups excluding tert-OH is 1. The second-order valence-electron chi connectivity index (χ2n) is 4.85. The molecule has 0 aromatic carbocycles. The van der Waals surface area contributed by atoms with Gasteiger partial charge in [0.05, 0.1) is 12.2 Å². The van der Waals surface area contributed by atoms with Crippen LogP contribution >= 0.6 is 22.6 Å². The molecular weight excluding hydrogens is 315 g/mol. The van der Waals surface area contributed by atoms with Crippen molar-refractivity contribution in [2.45, 2.75) is 52.2 Å². The summed E-state index contributed by atoms with van der Waals surface area (Å²) in [6, 6.07) is 0. The highest BCUT2D eigenvalue weighted by atomic mass is 127. The molecule has 94 valence electrons. The van der Waals surface area contributed by atoms with Crippen LogP contribution in [0.5, 0.6) is 0 Å². The minimum absolute atomic E-state index is 0.223. The summed E-state index contributed by atoms with van der Waals surface area (Å²) in [6.45, 7) is 6.73. The maximum Gasteiger partial charge on any atom is 0.0821 e. The van der Waals surface area contributed by atoms with E-state index in [1.165, 1.54) is 12.0 Å². The summed E-state index contributed by atoms with van der Waals surface area (Å²) in [6.07, 6.45) is 3.82. The SMILES string of the molecule is CC/C(=C\I)[C@@H]1O[C@@H]([C@@H](C)CO)CC[C@@H]1C. The molecule has 1 fully saturated rings. The van der Waals surface area contributed by atoms with Crippen LogP contribution in [0.15, 0.2) is 9.66 Å². The normalized spacial score (nSPS) is 33.8. The lowest BCUT2D eigenvalue weighted by molar-refractivity contribution is -0.0910. The van der Waals surface area contributed by atoms with Gasteiger partial charge in [-0.05, 0) is 34.8 Å². The summed E-state index contributed by atoms with van der Waals surface area (Å²) in [5, 5.41) is 9.20. The van der Waals surface area contributed by atoms with Crippen molar-refractivity contribution in [1.29, 1.82) is 0 Å². The topological polar surface area (TPSA) is 29.5 Å². The van der Waals surface area contributed by atoms with E-state index < -0.39 is 0 Å². The van der Waals surface area contributed by atoms with E-state index in [9.17, 15) is 5.11 Å². The molecule has 1 rings (SSSR count). The Hall–Kier alpha value is 0.390. The third-order valence-corrected chi connectivity index (χ3v) is 4.38. The molecule has 1 aliphatic rings. The maximum atomic E-state index is 9.20. The van der Waals surface area contributed by atoms with E-state index in [0.29, 0.717) is 5.92 Å². The van der Waals surface area contributed by atoms with E-state index in [-0.39, 0.29) is 24.7 Å². The highest BCUT2D eigenvalue weighted by molar-refractivity contribution is 14.1. The number of ether oxygens (including phenoxy) is 1. The van der Waals surface area contributed by atoms with Gasteiger partial charge >= 0.3 is 0 Å². The molecule has 16 heavy (non-hydrogen) atoms. The van der Waals surface area contributed by atoms with Crippen LogP contribution in [0.1, 0.15) is 40.0 Å². The summed E-state index contributed by atoms with van der Waals surface area (Å²) in [5.41, 5.74) is 1.39. The fourth-order valence-electron chi connectivity index (χ4n) is 2.30. The molecular formula is C13H23IO2. The summed E-state index contributed by atoms with van der Waals surface area (Å²) in [7, 11) is 0. The summed E-state index contributed by atoms with van der Waals surface area (Å²) in [4.78, 5) is 0. The second kappa shape index (κ2) is 6.97. The van der Waals surface area contributed by atoms with Crippen molar-refractivity contribution in [3.05, 3.63) is 9.66 Å². The van der Waals surface area contributed by atoms with Crippen LogP contribution in [0, 0.1) is 11.8 Å². The summed E-state index contributed by atoms with van der Waals surface area (Å²) in [5.74, 6) is 0.852. The van der Waals surface area contributed by atoms with Crippen LogP contribution in [0.3, 0.4) is 0 Å². The molecule has 0 spiro atoms.